The van der Waals surface area contributed by atoms with Crippen LogP contribution in [-0.2, 0) is 4.74 Å². The second kappa shape index (κ2) is 7.54. The molecule has 0 spiro atoms. The lowest BCUT2D eigenvalue weighted by Crippen LogP contribution is -2.38. The fraction of sp³-hybridized carbons (Fsp3) is 0.923. The molecule has 0 aromatic carbocycles. The van der Waals surface area contributed by atoms with E-state index in [0.717, 1.165) is 19.4 Å². The number of amides is 1. The molecule has 0 fully saturated rings. The van der Waals surface area contributed by atoms with Crippen molar-refractivity contribution in [2.45, 2.75) is 53.1 Å². The summed E-state index contributed by atoms with van der Waals surface area (Å²) in [6, 6.07) is 0. The molecular formula is C13H28N2O2. The number of hydrogen-bond donors (Lipinski definition) is 1. The van der Waals surface area contributed by atoms with E-state index in [9.17, 15) is 4.79 Å². The van der Waals surface area contributed by atoms with Gasteiger partial charge in [0.25, 0.3) is 0 Å². The average Bonchev–Trinajstić information content (AvgIpc) is 2.14. The van der Waals surface area contributed by atoms with Crippen LogP contribution in [-0.4, -0.2) is 36.2 Å². The molecule has 0 aliphatic heterocycles. The van der Waals surface area contributed by atoms with E-state index in [2.05, 4.69) is 13.8 Å². The molecule has 0 aliphatic rings. The minimum Gasteiger partial charge on any atom is -0.444 e. The Bertz CT molecular complexity index is 222. The lowest BCUT2D eigenvalue weighted by atomic mass is 10.1. The fourth-order valence-electron chi connectivity index (χ4n) is 1.32. The molecule has 0 aromatic rings. The molecule has 0 saturated heterocycles. The average molecular weight is 244 g/mol. The van der Waals surface area contributed by atoms with E-state index in [-0.39, 0.29) is 6.09 Å². The molecule has 0 heterocycles. The number of carbonyl (C=O) groups excluding carboxylic acids is 1. The summed E-state index contributed by atoms with van der Waals surface area (Å²) in [7, 11) is 0. The van der Waals surface area contributed by atoms with Crippen LogP contribution < -0.4 is 5.73 Å². The van der Waals surface area contributed by atoms with Crippen molar-refractivity contribution in [3.8, 4) is 0 Å². The summed E-state index contributed by atoms with van der Waals surface area (Å²) in [4.78, 5) is 13.7. The molecule has 0 saturated carbocycles. The zero-order valence-corrected chi connectivity index (χ0v) is 12.0. The molecule has 1 amide bonds. The summed E-state index contributed by atoms with van der Waals surface area (Å²) < 4.78 is 5.38. The molecule has 0 unspecified atom stereocenters. The van der Waals surface area contributed by atoms with Crippen molar-refractivity contribution in [2.75, 3.05) is 19.6 Å². The van der Waals surface area contributed by atoms with Crippen molar-refractivity contribution in [1.29, 1.82) is 0 Å². The highest BCUT2D eigenvalue weighted by molar-refractivity contribution is 5.68. The summed E-state index contributed by atoms with van der Waals surface area (Å²) in [5.74, 6) is 0.581. The molecule has 0 aliphatic carbocycles. The second-order valence-corrected chi connectivity index (χ2v) is 5.79. The van der Waals surface area contributed by atoms with Crippen LogP contribution in [0.4, 0.5) is 4.79 Å². The highest BCUT2D eigenvalue weighted by Crippen LogP contribution is 2.11. The largest absolute Gasteiger partial charge is 0.444 e. The zero-order chi connectivity index (χ0) is 13.5. The molecule has 17 heavy (non-hydrogen) atoms. The van der Waals surface area contributed by atoms with E-state index in [1.165, 1.54) is 0 Å². The molecular weight excluding hydrogens is 216 g/mol. The summed E-state index contributed by atoms with van der Waals surface area (Å²) in [5, 5.41) is 0. The highest BCUT2D eigenvalue weighted by atomic mass is 16.6. The van der Waals surface area contributed by atoms with Gasteiger partial charge < -0.3 is 15.4 Å². The normalized spacial score (nSPS) is 11.7. The van der Waals surface area contributed by atoms with Crippen LogP contribution in [0.15, 0.2) is 0 Å². The van der Waals surface area contributed by atoms with Gasteiger partial charge in [-0.2, -0.15) is 0 Å². The van der Waals surface area contributed by atoms with Gasteiger partial charge in [0.2, 0.25) is 0 Å². The summed E-state index contributed by atoms with van der Waals surface area (Å²) >= 11 is 0. The molecule has 102 valence electrons. The van der Waals surface area contributed by atoms with Crippen molar-refractivity contribution in [3.63, 3.8) is 0 Å². The Morgan fingerprint density at radius 3 is 2.29 bits per heavy atom. The van der Waals surface area contributed by atoms with Crippen LogP contribution in [0.25, 0.3) is 0 Å². The topological polar surface area (TPSA) is 55.6 Å². The van der Waals surface area contributed by atoms with Crippen LogP contribution in [0, 0.1) is 5.92 Å². The maximum absolute atomic E-state index is 11.9. The van der Waals surface area contributed by atoms with Gasteiger partial charge in [0.05, 0.1) is 0 Å². The van der Waals surface area contributed by atoms with Crippen molar-refractivity contribution in [2.24, 2.45) is 11.7 Å². The lowest BCUT2D eigenvalue weighted by Gasteiger charge is -2.27. The molecule has 4 heteroatoms. The minimum atomic E-state index is -0.435. The number of hydrogen-bond acceptors (Lipinski definition) is 3. The van der Waals surface area contributed by atoms with Crippen LogP contribution in [0.3, 0.4) is 0 Å². The Morgan fingerprint density at radius 1 is 1.29 bits per heavy atom. The quantitative estimate of drug-likeness (QED) is 0.781. The van der Waals surface area contributed by atoms with Gasteiger partial charge >= 0.3 is 6.09 Å². The molecule has 0 atom stereocenters. The van der Waals surface area contributed by atoms with Crippen molar-refractivity contribution in [3.05, 3.63) is 0 Å². The van der Waals surface area contributed by atoms with Crippen LogP contribution in [0.1, 0.15) is 47.5 Å². The fourth-order valence-corrected chi connectivity index (χ4v) is 1.32. The minimum absolute atomic E-state index is 0.230. The Hall–Kier alpha value is -0.770. The van der Waals surface area contributed by atoms with Gasteiger partial charge in [0, 0.05) is 13.1 Å². The summed E-state index contributed by atoms with van der Waals surface area (Å²) in [6.45, 7) is 12.0. The maximum Gasteiger partial charge on any atom is 0.410 e. The van der Waals surface area contributed by atoms with Gasteiger partial charge in [-0.1, -0.05) is 13.8 Å². The Labute approximate surface area is 105 Å². The Kier molecular flexibility index (Phi) is 7.19. The molecule has 0 aromatic heterocycles. The van der Waals surface area contributed by atoms with E-state index >= 15 is 0 Å². The monoisotopic (exact) mass is 244 g/mol. The summed E-state index contributed by atoms with van der Waals surface area (Å²) in [5.41, 5.74) is 5.05. The van der Waals surface area contributed by atoms with Crippen molar-refractivity contribution >= 4 is 6.09 Å². The third kappa shape index (κ3) is 8.98. The second-order valence-electron chi connectivity index (χ2n) is 5.79. The predicted octanol–water partition coefficient (Wildman–Crippen LogP) is 2.62. The van der Waals surface area contributed by atoms with E-state index in [1.807, 2.05) is 20.8 Å². The Balaban J connectivity index is 4.29. The number of nitrogens with zero attached hydrogens (tertiary/aromatic N) is 1. The van der Waals surface area contributed by atoms with Gasteiger partial charge in [-0.05, 0) is 46.1 Å². The first kappa shape index (κ1) is 16.2. The first-order valence-corrected chi connectivity index (χ1v) is 6.44. The molecule has 2 N–H and O–H groups in total. The van der Waals surface area contributed by atoms with E-state index in [1.54, 1.807) is 4.90 Å². The van der Waals surface area contributed by atoms with Gasteiger partial charge in [0.15, 0.2) is 0 Å². The van der Waals surface area contributed by atoms with E-state index < -0.39 is 5.60 Å². The van der Waals surface area contributed by atoms with Gasteiger partial charge in [-0.3, -0.25) is 0 Å². The first-order chi connectivity index (χ1) is 7.76. The number of rotatable bonds is 6. The van der Waals surface area contributed by atoms with E-state index in [4.69, 9.17) is 10.5 Å². The number of nitrogens with two attached hydrogens (primary N) is 1. The van der Waals surface area contributed by atoms with Gasteiger partial charge in [-0.15, -0.1) is 0 Å². The lowest BCUT2D eigenvalue weighted by molar-refractivity contribution is 0.0241. The zero-order valence-electron chi connectivity index (χ0n) is 12.0. The number of ether oxygens (including phenoxy) is 1. The van der Waals surface area contributed by atoms with Crippen molar-refractivity contribution < 1.29 is 9.53 Å². The van der Waals surface area contributed by atoms with Gasteiger partial charge in [-0.25, -0.2) is 4.79 Å². The predicted molar refractivity (Wildman–Crippen MR) is 70.9 cm³/mol. The molecule has 4 nitrogen and oxygen atoms in total. The maximum atomic E-state index is 11.9. The smallest absolute Gasteiger partial charge is 0.410 e. The third-order valence-electron chi connectivity index (χ3n) is 2.26. The highest BCUT2D eigenvalue weighted by Gasteiger charge is 2.21. The Morgan fingerprint density at radius 2 is 1.88 bits per heavy atom. The molecule has 0 rings (SSSR count). The SMILES string of the molecule is CC(C)CCN(CCCN)C(=O)OC(C)(C)C. The summed E-state index contributed by atoms with van der Waals surface area (Å²) in [6.07, 6.45) is 1.58. The third-order valence-corrected chi connectivity index (χ3v) is 2.26. The van der Waals surface area contributed by atoms with Gasteiger partial charge in [0.1, 0.15) is 5.60 Å². The van der Waals surface area contributed by atoms with E-state index in [0.29, 0.717) is 19.0 Å². The standard InChI is InChI=1S/C13H28N2O2/c1-11(2)7-10-15(9-6-8-14)12(16)17-13(3,4)5/h11H,6-10,14H2,1-5H3. The van der Waals surface area contributed by atoms with Crippen LogP contribution in [0.5, 0.6) is 0 Å². The molecule has 0 radical (unpaired) electrons. The van der Waals surface area contributed by atoms with Crippen LogP contribution >= 0.6 is 0 Å². The molecule has 0 bridgehead atoms. The number of carbonyl (C=O) groups is 1. The van der Waals surface area contributed by atoms with Crippen LogP contribution in [0.2, 0.25) is 0 Å². The van der Waals surface area contributed by atoms with Crippen molar-refractivity contribution in [1.82, 2.24) is 4.90 Å². The first-order valence-electron chi connectivity index (χ1n) is 6.44.